The molecule has 1 N–H and O–H groups in total. The van der Waals surface area contributed by atoms with Crippen molar-refractivity contribution in [2.24, 2.45) is 5.92 Å². The second-order valence-corrected chi connectivity index (χ2v) is 6.24. The average molecular weight is 338 g/mol. The average Bonchev–Trinajstić information content (AvgIpc) is 3.04. The predicted octanol–water partition coefficient (Wildman–Crippen LogP) is 2.22. The van der Waals surface area contributed by atoms with Crippen LogP contribution in [0.15, 0.2) is 16.9 Å². The summed E-state index contributed by atoms with van der Waals surface area (Å²) >= 11 is 0. The summed E-state index contributed by atoms with van der Waals surface area (Å²) in [6.45, 7) is 5.42. The van der Waals surface area contributed by atoms with Gasteiger partial charge >= 0.3 is 0 Å². The Hall–Kier alpha value is -1.89. The minimum atomic E-state index is -0.263. The van der Waals surface area contributed by atoms with E-state index in [0.29, 0.717) is 18.9 Å². The Kier molecular flexibility index (Phi) is 9.07. The lowest BCUT2D eigenvalue weighted by Crippen LogP contribution is -2.44. The second-order valence-electron chi connectivity index (χ2n) is 6.24. The van der Waals surface area contributed by atoms with Gasteiger partial charge in [0.05, 0.1) is 6.54 Å². The third-order valence-electron chi connectivity index (χ3n) is 3.92. The first-order valence-electron chi connectivity index (χ1n) is 8.61. The molecular weight excluding hydrogens is 308 g/mol. The van der Waals surface area contributed by atoms with Gasteiger partial charge in [0.15, 0.2) is 5.82 Å². The number of likely N-dealkylation sites (N-methyl/N-ethyl adjacent to an activating group) is 1. The van der Waals surface area contributed by atoms with Crippen LogP contribution in [0.4, 0.5) is 5.82 Å². The number of hydrogen-bond donors (Lipinski definition) is 1. The molecule has 0 bridgehead atoms. The van der Waals surface area contributed by atoms with Crippen molar-refractivity contribution in [3.63, 3.8) is 0 Å². The highest BCUT2D eigenvalue weighted by molar-refractivity contribution is 5.94. The molecule has 1 aromatic rings. The van der Waals surface area contributed by atoms with E-state index in [1.807, 2.05) is 25.9 Å². The predicted molar refractivity (Wildman–Crippen MR) is 93.6 cm³/mol. The van der Waals surface area contributed by atoms with E-state index in [4.69, 9.17) is 4.52 Å². The summed E-state index contributed by atoms with van der Waals surface area (Å²) in [5.41, 5.74) is 0. The van der Waals surface area contributed by atoms with Crippen LogP contribution in [0.3, 0.4) is 0 Å². The highest BCUT2D eigenvalue weighted by Crippen LogP contribution is 2.16. The van der Waals surface area contributed by atoms with Crippen molar-refractivity contribution in [1.82, 2.24) is 15.0 Å². The summed E-state index contributed by atoms with van der Waals surface area (Å²) in [5, 5.41) is 6.30. The SMILES string of the molecule is CCCC[C@@H](CC)C(=O)N(CCN(C)C)CC(=O)Nc1ccon1. The molecule has 0 spiro atoms. The van der Waals surface area contributed by atoms with Crippen LogP contribution in [0.1, 0.15) is 39.5 Å². The molecule has 0 aromatic carbocycles. The van der Waals surface area contributed by atoms with Crippen LogP contribution in [0.25, 0.3) is 0 Å². The monoisotopic (exact) mass is 338 g/mol. The number of carbonyl (C=O) groups is 2. The minimum absolute atomic E-state index is 0.0213. The van der Waals surface area contributed by atoms with Gasteiger partial charge in [-0.3, -0.25) is 9.59 Å². The van der Waals surface area contributed by atoms with Crippen molar-refractivity contribution in [3.8, 4) is 0 Å². The third kappa shape index (κ3) is 7.12. The third-order valence-corrected chi connectivity index (χ3v) is 3.92. The van der Waals surface area contributed by atoms with E-state index in [1.54, 1.807) is 11.0 Å². The number of rotatable bonds is 11. The number of aromatic nitrogens is 1. The van der Waals surface area contributed by atoms with Gasteiger partial charge in [-0.25, -0.2) is 0 Å². The highest BCUT2D eigenvalue weighted by atomic mass is 16.5. The maximum Gasteiger partial charge on any atom is 0.245 e. The van der Waals surface area contributed by atoms with Crippen LogP contribution in [0, 0.1) is 5.92 Å². The lowest BCUT2D eigenvalue weighted by atomic mass is 9.97. The Morgan fingerprint density at radius 1 is 1.29 bits per heavy atom. The zero-order chi connectivity index (χ0) is 17.9. The number of amides is 2. The summed E-state index contributed by atoms with van der Waals surface area (Å²) in [5.74, 6) is 0.134. The summed E-state index contributed by atoms with van der Waals surface area (Å²) in [4.78, 5) is 28.7. The molecule has 1 atom stereocenters. The summed E-state index contributed by atoms with van der Waals surface area (Å²) in [6, 6.07) is 1.57. The highest BCUT2D eigenvalue weighted by Gasteiger charge is 2.24. The van der Waals surface area contributed by atoms with Gasteiger partial charge < -0.3 is 19.6 Å². The maximum absolute atomic E-state index is 12.8. The van der Waals surface area contributed by atoms with Crippen LogP contribution < -0.4 is 5.32 Å². The molecule has 0 aliphatic heterocycles. The fraction of sp³-hybridized carbons (Fsp3) is 0.706. The normalized spacial score (nSPS) is 12.2. The Bertz CT molecular complexity index is 488. The van der Waals surface area contributed by atoms with E-state index in [0.717, 1.165) is 25.7 Å². The van der Waals surface area contributed by atoms with Crippen molar-refractivity contribution in [1.29, 1.82) is 0 Å². The molecule has 1 heterocycles. The molecule has 136 valence electrons. The Labute approximate surface area is 144 Å². The fourth-order valence-corrected chi connectivity index (χ4v) is 2.43. The zero-order valence-electron chi connectivity index (χ0n) is 15.2. The van der Waals surface area contributed by atoms with Gasteiger partial charge in [0.25, 0.3) is 0 Å². The number of carbonyl (C=O) groups excluding carboxylic acids is 2. The van der Waals surface area contributed by atoms with E-state index in [1.165, 1.54) is 6.26 Å². The Morgan fingerprint density at radius 3 is 2.58 bits per heavy atom. The van der Waals surface area contributed by atoms with Gasteiger partial charge in [-0.15, -0.1) is 0 Å². The quantitative estimate of drug-likeness (QED) is 0.669. The van der Waals surface area contributed by atoms with Crippen LogP contribution in [0.5, 0.6) is 0 Å². The van der Waals surface area contributed by atoms with Gasteiger partial charge in [0, 0.05) is 25.1 Å². The molecular formula is C17H30N4O3. The molecule has 24 heavy (non-hydrogen) atoms. The topological polar surface area (TPSA) is 78.7 Å². The molecule has 0 saturated heterocycles. The Morgan fingerprint density at radius 2 is 2.04 bits per heavy atom. The number of nitrogens with one attached hydrogen (secondary N) is 1. The van der Waals surface area contributed by atoms with E-state index in [2.05, 4.69) is 17.4 Å². The molecule has 0 radical (unpaired) electrons. The molecule has 0 unspecified atom stereocenters. The van der Waals surface area contributed by atoms with Crippen LogP contribution >= 0.6 is 0 Å². The first-order chi connectivity index (χ1) is 11.5. The minimum Gasteiger partial charge on any atom is -0.363 e. The van der Waals surface area contributed by atoms with Gasteiger partial charge in [-0.2, -0.15) is 0 Å². The van der Waals surface area contributed by atoms with Gasteiger partial charge in [0.2, 0.25) is 11.8 Å². The first kappa shape index (κ1) is 20.2. The van der Waals surface area contributed by atoms with Crippen LogP contribution in [-0.4, -0.2) is 60.5 Å². The summed E-state index contributed by atoms with van der Waals surface area (Å²) in [7, 11) is 3.90. The van der Waals surface area contributed by atoms with E-state index in [9.17, 15) is 9.59 Å². The van der Waals surface area contributed by atoms with E-state index < -0.39 is 0 Å². The summed E-state index contributed by atoms with van der Waals surface area (Å²) in [6.07, 6.45) is 5.14. The zero-order valence-corrected chi connectivity index (χ0v) is 15.2. The molecule has 0 aliphatic rings. The molecule has 7 nitrogen and oxygen atoms in total. The molecule has 1 rings (SSSR count). The van der Waals surface area contributed by atoms with Crippen molar-refractivity contribution in [3.05, 3.63) is 12.3 Å². The fourth-order valence-electron chi connectivity index (χ4n) is 2.43. The van der Waals surface area contributed by atoms with Crippen LogP contribution in [0.2, 0.25) is 0 Å². The molecule has 0 aliphatic carbocycles. The lowest BCUT2D eigenvalue weighted by molar-refractivity contribution is -0.138. The molecule has 0 fully saturated rings. The van der Waals surface area contributed by atoms with Crippen molar-refractivity contribution >= 4 is 17.6 Å². The molecule has 2 amide bonds. The van der Waals surface area contributed by atoms with Crippen molar-refractivity contribution in [2.75, 3.05) is 39.0 Å². The largest absolute Gasteiger partial charge is 0.363 e. The van der Waals surface area contributed by atoms with Gasteiger partial charge in [-0.1, -0.05) is 31.8 Å². The van der Waals surface area contributed by atoms with Crippen molar-refractivity contribution < 1.29 is 14.1 Å². The van der Waals surface area contributed by atoms with Crippen molar-refractivity contribution in [2.45, 2.75) is 39.5 Å². The van der Waals surface area contributed by atoms with Crippen LogP contribution in [-0.2, 0) is 9.59 Å². The maximum atomic E-state index is 12.8. The second kappa shape index (κ2) is 10.8. The van der Waals surface area contributed by atoms with Gasteiger partial charge in [-0.05, 0) is 26.9 Å². The molecule has 0 saturated carbocycles. The van der Waals surface area contributed by atoms with E-state index in [-0.39, 0.29) is 24.3 Å². The number of nitrogens with zero attached hydrogens (tertiary/aromatic N) is 3. The molecule has 7 heteroatoms. The number of unbranched alkanes of at least 4 members (excludes halogenated alkanes) is 1. The number of anilines is 1. The Balaban J connectivity index is 2.70. The van der Waals surface area contributed by atoms with Gasteiger partial charge in [0.1, 0.15) is 6.26 Å². The first-order valence-corrected chi connectivity index (χ1v) is 8.61. The smallest absolute Gasteiger partial charge is 0.245 e. The molecule has 1 aromatic heterocycles. The lowest BCUT2D eigenvalue weighted by Gasteiger charge is -2.27. The standard InChI is InChI=1S/C17H30N4O3/c1-5-7-8-14(6-2)17(23)21(11-10-20(3)4)13-16(22)18-15-9-12-24-19-15/h9,12,14H,5-8,10-11,13H2,1-4H3,(H,18,19,22)/t14-/m1/s1. The number of hydrogen-bond acceptors (Lipinski definition) is 5. The van der Waals surface area contributed by atoms with E-state index >= 15 is 0 Å². The summed E-state index contributed by atoms with van der Waals surface area (Å²) < 4.78 is 4.69.